The van der Waals surface area contributed by atoms with E-state index in [4.69, 9.17) is 4.74 Å². The second-order valence-electron chi connectivity index (χ2n) is 23.6. The van der Waals surface area contributed by atoms with Crippen LogP contribution >= 0.6 is 0 Å². The van der Waals surface area contributed by atoms with Crippen LogP contribution < -0.4 is 0 Å². The average molecular weight is 935 g/mol. The molecule has 6 aliphatic rings. The average Bonchev–Trinajstić information content (AvgIpc) is 3.08. The molecular weight excluding hydrogens is 835 g/mol. The quantitative estimate of drug-likeness (QED) is 0.163. The first kappa shape index (κ1) is 63.3. The Morgan fingerprint density at radius 3 is 0.797 bits per heavy atom. The van der Waals surface area contributed by atoms with E-state index in [1.54, 1.807) is 27.7 Å². The summed E-state index contributed by atoms with van der Waals surface area (Å²) in [5.74, 6) is 3.86. The Morgan fingerprint density at radius 2 is 0.688 bits per heavy atom. The number of halogens is 6. The molecule has 6 rings (SSSR count). The molecule has 0 aromatic carbocycles. The van der Waals surface area contributed by atoms with Gasteiger partial charge in [0.2, 0.25) is 0 Å². The molecule has 0 aromatic heterocycles. The summed E-state index contributed by atoms with van der Waals surface area (Å²) in [5, 5.41) is 47.1. The van der Waals surface area contributed by atoms with E-state index in [1.807, 2.05) is 27.9 Å². The fourth-order valence-electron chi connectivity index (χ4n) is 11.2. The van der Waals surface area contributed by atoms with E-state index < -0.39 is 35.4 Å². The monoisotopic (exact) mass is 935 g/mol. The number of aliphatic hydroxyl groups is 5. The maximum Gasteiger partial charge on any atom is 0.417 e. The standard InChI is InChI=1S/C11H22O.2C8H13F3O.3C8H16O.CH4/c1-9(2)10-6-5-7-11(3,8-10)12-4;2*1-5(2)6-3-4-7(6,12)8(9,10)11;3*1-6(2)7-4-5-8(7,3)9;/h9-10H,5-8H2,1-4H3;2*5-6,12H,3-4H2,1-2H3;3*6-7,9H,4-5H2,1-3H3;1H4/t10-,11-;6-,7-;;2*7-,8+;7-,8-;/m00.101./s1. The van der Waals surface area contributed by atoms with Crippen molar-refractivity contribution in [3.63, 3.8) is 0 Å². The molecule has 5 N–H and O–H groups in total. The number of alkyl halides is 6. The van der Waals surface area contributed by atoms with Crippen molar-refractivity contribution in [1.82, 2.24) is 0 Å². The van der Waals surface area contributed by atoms with E-state index in [0.717, 1.165) is 31.1 Å². The van der Waals surface area contributed by atoms with Gasteiger partial charge in [-0.25, -0.2) is 0 Å². The van der Waals surface area contributed by atoms with E-state index in [9.17, 15) is 51.9 Å². The van der Waals surface area contributed by atoms with Gasteiger partial charge in [0.15, 0.2) is 11.2 Å². The van der Waals surface area contributed by atoms with Crippen molar-refractivity contribution in [3.05, 3.63) is 0 Å². The van der Waals surface area contributed by atoms with Crippen LogP contribution in [0.15, 0.2) is 0 Å². The molecule has 0 aliphatic heterocycles. The van der Waals surface area contributed by atoms with Gasteiger partial charge in [0.1, 0.15) is 0 Å². The lowest BCUT2D eigenvalue weighted by atomic mass is 9.64. The van der Waals surface area contributed by atoms with Crippen molar-refractivity contribution < 1.29 is 56.6 Å². The molecule has 2 unspecified atom stereocenters. The van der Waals surface area contributed by atoms with Crippen molar-refractivity contribution in [3.8, 4) is 0 Å². The minimum absolute atomic E-state index is 0. The van der Waals surface area contributed by atoms with Crippen molar-refractivity contribution in [2.24, 2.45) is 71.0 Å². The first-order chi connectivity index (χ1) is 28.3. The Kier molecular flexibility index (Phi) is 24.0. The molecule has 0 heterocycles. The summed E-state index contributed by atoms with van der Waals surface area (Å²) in [5.41, 5.74) is -5.65. The molecular formula is C52H100F6O6. The minimum atomic E-state index is -4.46. The number of ether oxygens (including phenoxy) is 1. The number of methoxy groups -OCH3 is 1. The molecule has 6 nitrogen and oxygen atoms in total. The summed E-state index contributed by atoms with van der Waals surface area (Å²) in [4.78, 5) is 0. The molecule has 0 bridgehead atoms. The van der Waals surface area contributed by atoms with Crippen LogP contribution in [0.4, 0.5) is 26.3 Å². The summed E-state index contributed by atoms with van der Waals surface area (Å²) in [6.45, 7) is 32.6. The third kappa shape index (κ3) is 16.5. The molecule has 12 atom stereocenters. The molecule has 12 heteroatoms. The van der Waals surface area contributed by atoms with Crippen molar-refractivity contribution >= 4 is 0 Å². The molecule has 6 fully saturated rings. The zero-order valence-electron chi connectivity index (χ0n) is 42.7. The predicted octanol–water partition coefficient (Wildman–Crippen LogP) is 14.0. The molecule has 0 aromatic rings. The van der Waals surface area contributed by atoms with Crippen molar-refractivity contribution in [2.75, 3.05) is 7.11 Å². The molecule has 64 heavy (non-hydrogen) atoms. The van der Waals surface area contributed by atoms with Gasteiger partial charge in [-0.2, -0.15) is 26.3 Å². The van der Waals surface area contributed by atoms with Crippen LogP contribution in [0.2, 0.25) is 0 Å². The highest BCUT2D eigenvalue weighted by atomic mass is 19.4. The molecule has 6 aliphatic carbocycles. The first-order valence-electron chi connectivity index (χ1n) is 24.6. The normalized spacial score (nSPS) is 38.9. The molecule has 6 saturated carbocycles. The lowest BCUT2D eigenvalue weighted by Crippen LogP contribution is -2.59. The van der Waals surface area contributed by atoms with Gasteiger partial charge >= 0.3 is 12.4 Å². The number of rotatable bonds is 7. The molecule has 0 amide bonds. The van der Waals surface area contributed by atoms with Gasteiger partial charge in [-0.15, -0.1) is 0 Å². The highest BCUT2D eigenvalue weighted by Gasteiger charge is 2.64. The maximum absolute atomic E-state index is 12.2. The zero-order valence-corrected chi connectivity index (χ0v) is 42.7. The number of hydrogen-bond acceptors (Lipinski definition) is 6. The lowest BCUT2D eigenvalue weighted by molar-refractivity contribution is -0.316. The molecule has 0 saturated heterocycles. The van der Waals surface area contributed by atoms with Crippen LogP contribution in [0, 0.1) is 71.0 Å². The molecule has 0 spiro atoms. The van der Waals surface area contributed by atoms with Gasteiger partial charge in [0, 0.05) is 7.11 Å². The third-order valence-corrected chi connectivity index (χ3v) is 16.6. The maximum atomic E-state index is 12.2. The minimum Gasteiger partial charge on any atom is -0.390 e. The smallest absolute Gasteiger partial charge is 0.390 e. The topological polar surface area (TPSA) is 110 Å². The van der Waals surface area contributed by atoms with Crippen LogP contribution in [0.5, 0.6) is 0 Å². The van der Waals surface area contributed by atoms with E-state index in [-0.39, 0.29) is 54.5 Å². The summed E-state index contributed by atoms with van der Waals surface area (Å²) >= 11 is 0. The Labute approximate surface area is 387 Å². The highest BCUT2D eigenvalue weighted by Crippen LogP contribution is 2.53. The second-order valence-corrected chi connectivity index (χ2v) is 23.6. The van der Waals surface area contributed by atoms with Gasteiger partial charge in [-0.05, 0) is 182 Å². The van der Waals surface area contributed by atoms with Gasteiger partial charge in [0.05, 0.1) is 22.4 Å². The van der Waals surface area contributed by atoms with Crippen LogP contribution in [-0.2, 0) is 4.74 Å². The van der Waals surface area contributed by atoms with E-state index >= 15 is 0 Å². The van der Waals surface area contributed by atoms with Gasteiger partial charge in [-0.3, -0.25) is 0 Å². The molecule has 0 radical (unpaired) electrons. The van der Waals surface area contributed by atoms with Gasteiger partial charge in [-0.1, -0.05) is 96.9 Å². The largest absolute Gasteiger partial charge is 0.417 e. The third-order valence-electron chi connectivity index (χ3n) is 16.6. The van der Waals surface area contributed by atoms with Crippen molar-refractivity contribution in [2.45, 2.75) is 254 Å². The Bertz CT molecular complexity index is 1220. The number of hydrogen-bond donors (Lipinski definition) is 5. The van der Waals surface area contributed by atoms with Gasteiger partial charge < -0.3 is 30.3 Å². The van der Waals surface area contributed by atoms with Crippen LogP contribution in [0.25, 0.3) is 0 Å². The lowest BCUT2D eigenvalue weighted by Gasteiger charge is -2.48. The summed E-state index contributed by atoms with van der Waals surface area (Å²) in [6, 6.07) is 0. The highest BCUT2D eigenvalue weighted by molar-refractivity contribution is 5.03. The first-order valence-corrected chi connectivity index (χ1v) is 24.6. The zero-order chi connectivity index (χ0) is 49.5. The molecule has 386 valence electrons. The Hall–Kier alpha value is -0.660. The Balaban J connectivity index is 0.000000745. The van der Waals surface area contributed by atoms with E-state index in [0.29, 0.717) is 48.3 Å². The van der Waals surface area contributed by atoms with Crippen LogP contribution in [0.1, 0.15) is 208 Å². The Morgan fingerprint density at radius 1 is 0.422 bits per heavy atom. The van der Waals surface area contributed by atoms with E-state index in [2.05, 4.69) is 62.3 Å². The fourth-order valence-corrected chi connectivity index (χ4v) is 11.2. The fraction of sp³-hybridized carbons (Fsp3) is 1.00. The van der Waals surface area contributed by atoms with Crippen molar-refractivity contribution in [1.29, 1.82) is 0 Å². The summed E-state index contributed by atoms with van der Waals surface area (Å²) in [6.07, 6.45) is 3.62. The van der Waals surface area contributed by atoms with Crippen LogP contribution in [0.3, 0.4) is 0 Å². The predicted molar refractivity (Wildman–Crippen MR) is 251 cm³/mol. The summed E-state index contributed by atoms with van der Waals surface area (Å²) in [7, 11) is 1.85. The second kappa shape index (κ2) is 24.3. The summed E-state index contributed by atoms with van der Waals surface area (Å²) < 4.78 is 79.0. The van der Waals surface area contributed by atoms with Gasteiger partial charge in [0.25, 0.3) is 0 Å². The van der Waals surface area contributed by atoms with E-state index in [1.165, 1.54) is 44.9 Å². The SMILES string of the molecule is C.CC(C)C1CCC1(O)C(F)(F)F.CC(C)[C@@H]1CC[C@@]1(C)O.CC(C)[C@@H]1CC[C@@]1(O)C(F)(F)F.CC(C)[C@H]1CC[C@@]1(C)O.CC(C)[C@H]1CC[C@]1(C)O.CO[C@@]1(C)CCC[C@H](C(C)C)C1. The van der Waals surface area contributed by atoms with Crippen LogP contribution in [-0.4, -0.2) is 78.6 Å².